The summed E-state index contributed by atoms with van der Waals surface area (Å²) in [5, 5.41) is 11.5. The van der Waals surface area contributed by atoms with E-state index in [1.807, 2.05) is 6.92 Å². The lowest BCUT2D eigenvalue weighted by atomic mass is 10.3. The van der Waals surface area contributed by atoms with Gasteiger partial charge in [0.1, 0.15) is 11.5 Å². The van der Waals surface area contributed by atoms with Crippen molar-refractivity contribution >= 4 is 5.84 Å². The smallest absolute Gasteiger partial charge is 0.324 e. The fraction of sp³-hybridized carbons (Fsp3) is 0.273. The van der Waals surface area contributed by atoms with Gasteiger partial charge in [0.25, 0.3) is 0 Å². The molecule has 0 aromatic carbocycles. The van der Waals surface area contributed by atoms with E-state index in [0.717, 1.165) is 5.69 Å². The van der Waals surface area contributed by atoms with Crippen LogP contribution >= 0.6 is 0 Å². The molecule has 0 amide bonds. The standard InChI is InChI=1S/C11H14N6O/c1-6-4-8(10(12)13)15-11(14-6)18-9-5-7(2)16-17(9)3/h4-5H,1-3H3,(H3,12,13). The maximum atomic E-state index is 7.37. The van der Waals surface area contributed by atoms with Gasteiger partial charge in [0.2, 0.25) is 5.88 Å². The number of nitrogens with two attached hydrogens (primary N) is 1. The van der Waals surface area contributed by atoms with Gasteiger partial charge in [-0.15, -0.1) is 0 Å². The molecular weight excluding hydrogens is 232 g/mol. The van der Waals surface area contributed by atoms with Crippen LogP contribution in [0.1, 0.15) is 17.1 Å². The monoisotopic (exact) mass is 246 g/mol. The number of nitrogens with one attached hydrogen (secondary N) is 1. The van der Waals surface area contributed by atoms with Gasteiger partial charge in [0, 0.05) is 18.8 Å². The zero-order valence-corrected chi connectivity index (χ0v) is 10.4. The van der Waals surface area contributed by atoms with Gasteiger partial charge in [-0.1, -0.05) is 0 Å². The van der Waals surface area contributed by atoms with Crippen molar-refractivity contribution in [3.8, 4) is 11.9 Å². The predicted octanol–water partition coefficient (Wildman–Crippen LogP) is 0.903. The number of hydrogen-bond donors (Lipinski definition) is 2. The molecule has 0 aliphatic heterocycles. The van der Waals surface area contributed by atoms with Gasteiger partial charge in [-0.3, -0.25) is 5.41 Å². The third kappa shape index (κ3) is 2.45. The highest BCUT2D eigenvalue weighted by Gasteiger charge is 2.09. The number of amidine groups is 1. The molecule has 0 atom stereocenters. The second-order valence-electron chi connectivity index (χ2n) is 3.94. The molecule has 0 radical (unpaired) electrons. The molecule has 2 aromatic rings. The molecule has 0 aliphatic carbocycles. The van der Waals surface area contributed by atoms with Gasteiger partial charge < -0.3 is 10.5 Å². The van der Waals surface area contributed by atoms with Crippen LogP contribution in [0, 0.1) is 19.3 Å². The molecule has 0 unspecified atom stereocenters. The molecule has 0 aliphatic rings. The third-order valence-corrected chi connectivity index (χ3v) is 2.26. The van der Waals surface area contributed by atoms with Crippen LogP contribution in [0.3, 0.4) is 0 Å². The van der Waals surface area contributed by atoms with Crippen molar-refractivity contribution in [2.45, 2.75) is 13.8 Å². The maximum Gasteiger partial charge on any atom is 0.324 e. The third-order valence-electron chi connectivity index (χ3n) is 2.26. The minimum Gasteiger partial charge on any atom is -0.405 e. The van der Waals surface area contributed by atoms with Crippen LogP contribution < -0.4 is 10.5 Å². The second-order valence-corrected chi connectivity index (χ2v) is 3.94. The van der Waals surface area contributed by atoms with E-state index in [-0.39, 0.29) is 11.8 Å². The summed E-state index contributed by atoms with van der Waals surface area (Å²) in [5.41, 5.74) is 7.27. The average Bonchev–Trinajstić information content (AvgIpc) is 2.56. The SMILES string of the molecule is Cc1cc(C(=N)N)nc(Oc2cc(C)nn2C)n1. The molecule has 0 spiro atoms. The molecule has 3 N–H and O–H groups in total. The maximum absolute atomic E-state index is 7.37. The Morgan fingerprint density at radius 3 is 2.56 bits per heavy atom. The quantitative estimate of drug-likeness (QED) is 0.618. The summed E-state index contributed by atoms with van der Waals surface area (Å²) in [6.45, 7) is 3.65. The largest absolute Gasteiger partial charge is 0.405 e. The van der Waals surface area contributed by atoms with Gasteiger partial charge in [0.15, 0.2) is 0 Å². The molecule has 0 fully saturated rings. The molecule has 7 nitrogen and oxygen atoms in total. The van der Waals surface area contributed by atoms with Crippen molar-refractivity contribution in [3.63, 3.8) is 0 Å². The van der Waals surface area contributed by atoms with Crippen molar-refractivity contribution in [1.29, 1.82) is 5.41 Å². The normalized spacial score (nSPS) is 10.4. The van der Waals surface area contributed by atoms with Crippen LogP contribution in [0.25, 0.3) is 0 Å². The fourth-order valence-corrected chi connectivity index (χ4v) is 1.50. The van der Waals surface area contributed by atoms with E-state index in [2.05, 4.69) is 15.1 Å². The Hall–Kier alpha value is -2.44. The summed E-state index contributed by atoms with van der Waals surface area (Å²) in [4.78, 5) is 8.19. The van der Waals surface area contributed by atoms with Crippen LogP contribution in [0.5, 0.6) is 11.9 Å². The Morgan fingerprint density at radius 1 is 1.28 bits per heavy atom. The van der Waals surface area contributed by atoms with Crippen molar-refractivity contribution in [3.05, 3.63) is 29.2 Å². The first-order chi connectivity index (χ1) is 8.45. The zero-order valence-electron chi connectivity index (χ0n) is 10.4. The van der Waals surface area contributed by atoms with E-state index in [4.69, 9.17) is 15.9 Å². The van der Waals surface area contributed by atoms with Crippen LogP contribution in [-0.2, 0) is 7.05 Å². The van der Waals surface area contributed by atoms with Crippen LogP contribution in [0.4, 0.5) is 0 Å². The van der Waals surface area contributed by atoms with Crippen molar-refractivity contribution in [2.75, 3.05) is 0 Å². The summed E-state index contributed by atoms with van der Waals surface area (Å²) >= 11 is 0. The molecule has 18 heavy (non-hydrogen) atoms. The highest BCUT2D eigenvalue weighted by molar-refractivity contribution is 5.93. The molecule has 0 bridgehead atoms. The summed E-state index contributed by atoms with van der Waals surface area (Å²) in [6, 6.07) is 3.56. The van der Waals surface area contributed by atoms with Crippen LogP contribution in [-0.4, -0.2) is 25.6 Å². The van der Waals surface area contributed by atoms with Gasteiger partial charge in [-0.05, 0) is 19.9 Å². The lowest BCUT2D eigenvalue weighted by Gasteiger charge is -2.06. The van der Waals surface area contributed by atoms with E-state index < -0.39 is 0 Å². The number of ether oxygens (including phenoxy) is 1. The van der Waals surface area contributed by atoms with E-state index in [1.165, 1.54) is 0 Å². The van der Waals surface area contributed by atoms with Crippen LogP contribution in [0.2, 0.25) is 0 Å². The molecule has 0 saturated carbocycles. The zero-order chi connectivity index (χ0) is 13.3. The second kappa shape index (κ2) is 4.44. The number of nitrogen functional groups attached to an aromatic ring is 1. The molecule has 2 aromatic heterocycles. The van der Waals surface area contributed by atoms with Gasteiger partial charge in [-0.25, -0.2) is 9.67 Å². The molecule has 2 rings (SSSR count). The molecular formula is C11H14N6O. The highest BCUT2D eigenvalue weighted by Crippen LogP contribution is 2.18. The number of aryl methyl sites for hydroxylation is 3. The lowest BCUT2D eigenvalue weighted by molar-refractivity contribution is 0.397. The summed E-state index contributed by atoms with van der Waals surface area (Å²) in [6.07, 6.45) is 0. The predicted molar refractivity (Wildman–Crippen MR) is 65.8 cm³/mol. The van der Waals surface area contributed by atoms with Crippen molar-refractivity contribution in [2.24, 2.45) is 12.8 Å². The van der Waals surface area contributed by atoms with Gasteiger partial charge in [-0.2, -0.15) is 10.1 Å². The topological polar surface area (TPSA) is 103 Å². The Kier molecular flexibility index (Phi) is 2.97. The number of rotatable bonds is 3. The first-order valence-electron chi connectivity index (χ1n) is 5.34. The van der Waals surface area contributed by atoms with Crippen molar-refractivity contribution < 1.29 is 4.74 Å². The van der Waals surface area contributed by atoms with E-state index in [1.54, 1.807) is 30.8 Å². The van der Waals surface area contributed by atoms with E-state index >= 15 is 0 Å². The molecule has 2 heterocycles. The first kappa shape index (κ1) is 12.0. The molecule has 7 heteroatoms. The number of hydrogen-bond acceptors (Lipinski definition) is 5. The van der Waals surface area contributed by atoms with Gasteiger partial charge in [0.05, 0.1) is 5.69 Å². The number of nitrogens with zero attached hydrogens (tertiary/aromatic N) is 4. The first-order valence-corrected chi connectivity index (χ1v) is 5.34. The number of aromatic nitrogens is 4. The summed E-state index contributed by atoms with van der Waals surface area (Å²) < 4.78 is 7.12. The Balaban J connectivity index is 2.34. The van der Waals surface area contributed by atoms with Crippen LogP contribution in [0.15, 0.2) is 12.1 Å². The minimum atomic E-state index is -0.119. The lowest BCUT2D eigenvalue weighted by Crippen LogP contribution is -2.14. The Bertz CT molecular complexity index is 604. The molecule has 94 valence electrons. The average molecular weight is 246 g/mol. The Morgan fingerprint density at radius 2 is 2.00 bits per heavy atom. The van der Waals surface area contributed by atoms with E-state index in [0.29, 0.717) is 17.3 Å². The minimum absolute atomic E-state index is 0.119. The van der Waals surface area contributed by atoms with E-state index in [9.17, 15) is 0 Å². The van der Waals surface area contributed by atoms with Gasteiger partial charge >= 0.3 is 6.01 Å². The highest BCUT2D eigenvalue weighted by atomic mass is 16.5. The fourth-order valence-electron chi connectivity index (χ4n) is 1.50. The Labute approximate surface area is 104 Å². The van der Waals surface area contributed by atoms with Crippen molar-refractivity contribution in [1.82, 2.24) is 19.7 Å². The summed E-state index contributed by atoms with van der Waals surface area (Å²) in [5.74, 6) is 0.416. The molecule has 0 saturated heterocycles. The summed E-state index contributed by atoms with van der Waals surface area (Å²) in [7, 11) is 1.77.